The summed E-state index contributed by atoms with van der Waals surface area (Å²) in [6, 6.07) is 5.91. The van der Waals surface area contributed by atoms with E-state index < -0.39 is 6.10 Å². The molecule has 0 bridgehead atoms. The molecule has 1 saturated heterocycles. The fraction of sp³-hybridized carbons (Fsp3) is 0.480. The van der Waals surface area contributed by atoms with Gasteiger partial charge in [-0.1, -0.05) is 24.2 Å². The smallest absolute Gasteiger partial charge is 0.211 e. The van der Waals surface area contributed by atoms with Gasteiger partial charge in [-0.2, -0.15) is 5.10 Å². The van der Waals surface area contributed by atoms with Crippen LogP contribution in [-0.4, -0.2) is 65.7 Å². The molecule has 6 rings (SSSR count). The molecule has 0 aromatic carbocycles. The number of aliphatic hydroxyl groups is 1. The SMILES string of the molecule is OC(CN1CCCC1)Cn1cc(-c2cnc3ccc(Nc4nnc(C5CCCC5)s4)nc3c2)cn1. The van der Waals surface area contributed by atoms with Crippen LogP contribution < -0.4 is 5.32 Å². The lowest BCUT2D eigenvalue weighted by Gasteiger charge is -2.19. The van der Waals surface area contributed by atoms with Gasteiger partial charge in [0.15, 0.2) is 0 Å². The molecule has 182 valence electrons. The second-order valence-electron chi connectivity index (χ2n) is 9.62. The average Bonchev–Trinajstić information content (AvgIpc) is 3.66. The molecule has 9 nitrogen and oxygen atoms in total. The van der Waals surface area contributed by atoms with Crippen molar-refractivity contribution in [3.05, 3.63) is 41.8 Å². The van der Waals surface area contributed by atoms with Gasteiger partial charge in [0.1, 0.15) is 10.8 Å². The van der Waals surface area contributed by atoms with Crippen molar-refractivity contribution in [2.45, 2.75) is 57.1 Å². The topological polar surface area (TPSA) is 105 Å². The number of pyridine rings is 2. The van der Waals surface area contributed by atoms with Crippen molar-refractivity contribution in [3.63, 3.8) is 0 Å². The molecule has 1 atom stereocenters. The summed E-state index contributed by atoms with van der Waals surface area (Å²) in [6.07, 6.45) is 12.6. The van der Waals surface area contributed by atoms with Crippen LogP contribution in [0.1, 0.15) is 49.5 Å². The number of fused-ring (bicyclic) bond motifs is 1. The lowest BCUT2D eigenvalue weighted by molar-refractivity contribution is 0.106. The molecule has 2 N–H and O–H groups in total. The monoisotopic (exact) mass is 490 g/mol. The molecule has 4 aromatic rings. The molecular formula is C25H30N8OS. The second kappa shape index (κ2) is 9.96. The van der Waals surface area contributed by atoms with Crippen molar-refractivity contribution < 1.29 is 5.11 Å². The summed E-state index contributed by atoms with van der Waals surface area (Å²) in [5, 5.41) is 28.9. The van der Waals surface area contributed by atoms with Crippen molar-refractivity contribution >= 4 is 33.3 Å². The Morgan fingerprint density at radius 1 is 1.00 bits per heavy atom. The van der Waals surface area contributed by atoms with Gasteiger partial charge in [0.05, 0.1) is 29.9 Å². The number of aliphatic hydroxyl groups excluding tert-OH is 1. The number of rotatable bonds is 8. The molecular weight excluding hydrogens is 460 g/mol. The summed E-state index contributed by atoms with van der Waals surface area (Å²) >= 11 is 1.62. The molecule has 0 spiro atoms. The maximum Gasteiger partial charge on any atom is 0.211 e. The Hall–Kier alpha value is -2.95. The standard InChI is InChI=1S/C25H30N8OS/c34-20(15-32-9-3-4-10-32)16-33-14-19(13-27-33)18-11-22-21(26-12-18)7-8-23(28-22)29-25-31-30-24(35-25)17-5-1-2-6-17/h7-8,11-14,17,20,34H,1-6,9-10,15-16H2,(H,28,29,31). The number of nitrogens with one attached hydrogen (secondary N) is 1. The Morgan fingerprint density at radius 2 is 1.86 bits per heavy atom. The summed E-state index contributed by atoms with van der Waals surface area (Å²) in [4.78, 5) is 11.7. The van der Waals surface area contributed by atoms with E-state index in [1.165, 1.54) is 38.5 Å². The molecule has 35 heavy (non-hydrogen) atoms. The maximum atomic E-state index is 10.5. The number of hydrogen-bond donors (Lipinski definition) is 2. The summed E-state index contributed by atoms with van der Waals surface area (Å²) in [7, 11) is 0. The molecule has 2 fully saturated rings. The van der Waals surface area contributed by atoms with E-state index in [0.717, 1.165) is 51.2 Å². The zero-order valence-electron chi connectivity index (χ0n) is 19.7. The van der Waals surface area contributed by atoms with Crippen LogP contribution in [0.4, 0.5) is 10.9 Å². The third kappa shape index (κ3) is 5.19. The number of likely N-dealkylation sites (tertiary alicyclic amines) is 1. The Balaban J connectivity index is 1.15. The molecule has 1 unspecified atom stereocenters. The molecule has 0 radical (unpaired) electrons. The fourth-order valence-corrected chi connectivity index (χ4v) is 6.04. The van der Waals surface area contributed by atoms with Crippen LogP contribution in [0, 0.1) is 0 Å². The highest BCUT2D eigenvalue weighted by molar-refractivity contribution is 7.15. The maximum absolute atomic E-state index is 10.5. The Bertz CT molecular complexity index is 1290. The number of anilines is 2. The quantitative estimate of drug-likeness (QED) is 0.379. The van der Waals surface area contributed by atoms with Crippen LogP contribution in [-0.2, 0) is 6.54 Å². The van der Waals surface area contributed by atoms with Gasteiger partial charge >= 0.3 is 0 Å². The van der Waals surface area contributed by atoms with Crippen LogP contribution in [0.5, 0.6) is 0 Å². The molecule has 0 amide bonds. The van der Waals surface area contributed by atoms with Gasteiger partial charge in [0.2, 0.25) is 5.13 Å². The van der Waals surface area contributed by atoms with E-state index in [1.54, 1.807) is 11.3 Å². The van der Waals surface area contributed by atoms with Gasteiger partial charge < -0.3 is 15.3 Å². The van der Waals surface area contributed by atoms with E-state index in [1.807, 2.05) is 41.5 Å². The third-order valence-electron chi connectivity index (χ3n) is 6.95. The summed E-state index contributed by atoms with van der Waals surface area (Å²) in [5.41, 5.74) is 3.53. The molecule has 1 saturated carbocycles. The normalized spacial score (nSPS) is 18.0. The molecule has 2 aliphatic rings. The number of hydrogen-bond acceptors (Lipinski definition) is 9. The first-order valence-electron chi connectivity index (χ1n) is 12.5. The van der Waals surface area contributed by atoms with Gasteiger partial charge in [-0.25, -0.2) is 4.98 Å². The molecule has 4 aromatic heterocycles. The van der Waals surface area contributed by atoms with Crippen LogP contribution in [0.2, 0.25) is 0 Å². The highest BCUT2D eigenvalue weighted by Crippen LogP contribution is 2.37. The zero-order valence-corrected chi connectivity index (χ0v) is 20.5. The molecule has 1 aliphatic carbocycles. The first-order valence-corrected chi connectivity index (χ1v) is 13.3. The van der Waals surface area contributed by atoms with E-state index in [0.29, 0.717) is 19.0 Å². The summed E-state index contributed by atoms with van der Waals surface area (Å²) < 4.78 is 1.81. The van der Waals surface area contributed by atoms with Gasteiger partial charge in [-0.15, -0.1) is 10.2 Å². The van der Waals surface area contributed by atoms with Crippen LogP contribution in [0.25, 0.3) is 22.2 Å². The minimum Gasteiger partial charge on any atom is -0.390 e. The first kappa shape index (κ1) is 22.5. The van der Waals surface area contributed by atoms with Crippen LogP contribution >= 0.6 is 11.3 Å². The van der Waals surface area contributed by atoms with Crippen molar-refractivity contribution in [3.8, 4) is 11.1 Å². The molecule has 5 heterocycles. The van der Waals surface area contributed by atoms with E-state index in [2.05, 4.69) is 30.5 Å². The average molecular weight is 491 g/mol. The second-order valence-corrected chi connectivity index (χ2v) is 10.6. The number of β-amino-alcohol motifs (C(OH)–C–C–N with tert-alkyl or cyclic N) is 1. The predicted octanol–water partition coefficient (Wildman–Crippen LogP) is 4.20. The van der Waals surface area contributed by atoms with Gasteiger partial charge in [0.25, 0.3) is 0 Å². The van der Waals surface area contributed by atoms with Crippen LogP contribution in [0.15, 0.2) is 36.8 Å². The first-order chi connectivity index (χ1) is 17.2. The molecule has 1 aliphatic heterocycles. The fourth-order valence-electron chi connectivity index (χ4n) is 5.12. The van der Waals surface area contributed by atoms with Crippen molar-refractivity contribution in [1.29, 1.82) is 0 Å². The Labute approximate surface area is 208 Å². The Kier molecular flexibility index (Phi) is 6.41. The number of nitrogens with zero attached hydrogens (tertiary/aromatic N) is 7. The largest absolute Gasteiger partial charge is 0.390 e. The van der Waals surface area contributed by atoms with E-state index >= 15 is 0 Å². The van der Waals surface area contributed by atoms with E-state index in [9.17, 15) is 5.11 Å². The van der Waals surface area contributed by atoms with Crippen molar-refractivity contribution in [2.24, 2.45) is 0 Å². The highest BCUT2D eigenvalue weighted by Gasteiger charge is 2.21. The van der Waals surface area contributed by atoms with E-state index in [4.69, 9.17) is 4.98 Å². The van der Waals surface area contributed by atoms with Gasteiger partial charge in [0, 0.05) is 36.0 Å². The minimum atomic E-state index is -0.430. The minimum absolute atomic E-state index is 0.430. The summed E-state index contributed by atoms with van der Waals surface area (Å²) in [5.74, 6) is 1.29. The predicted molar refractivity (Wildman–Crippen MR) is 137 cm³/mol. The summed E-state index contributed by atoms with van der Waals surface area (Å²) in [6.45, 7) is 3.33. The Morgan fingerprint density at radius 3 is 2.71 bits per heavy atom. The van der Waals surface area contributed by atoms with Gasteiger partial charge in [-0.05, 0) is 57.0 Å². The highest BCUT2D eigenvalue weighted by atomic mass is 32.1. The zero-order chi connectivity index (χ0) is 23.6. The van der Waals surface area contributed by atoms with E-state index in [-0.39, 0.29) is 0 Å². The van der Waals surface area contributed by atoms with Gasteiger partial charge in [-0.3, -0.25) is 9.67 Å². The number of aromatic nitrogens is 6. The van der Waals surface area contributed by atoms with Crippen molar-refractivity contribution in [1.82, 2.24) is 34.8 Å². The lowest BCUT2D eigenvalue weighted by Crippen LogP contribution is -2.32. The van der Waals surface area contributed by atoms with Crippen LogP contribution in [0.3, 0.4) is 0 Å². The molecule has 10 heteroatoms. The van der Waals surface area contributed by atoms with Crippen molar-refractivity contribution in [2.75, 3.05) is 25.0 Å². The lowest BCUT2D eigenvalue weighted by atomic mass is 10.1. The third-order valence-corrected chi connectivity index (χ3v) is 7.95.